The fraction of sp³-hybridized carbons (Fsp3) is 0.474. The molecule has 0 bridgehead atoms. The van der Waals surface area contributed by atoms with Gasteiger partial charge in [-0.15, -0.1) is 0 Å². The van der Waals surface area contributed by atoms with E-state index in [0.29, 0.717) is 13.1 Å². The lowest BCUT2D eigenvalue weighted by Gasteiger charge is -2.37. The van der Waals surface area contributed by atoms with Gasteiger partial charge in [-0.3, -0.25) is 9.59 Å². The highest BCUT2D eigenvalue weighted by atomic mass is 16.3. The molecule has 142 valence electrons. The van der Waals surface area contributed by atoms with Crippen molar-refractivity contribution in [1.29, 1.82) is 0 Å². The first-order valence-electron chi connectivity index (χ1n) is 9.01. The zero-order valence-electron chi connectivity index (χ0n) is 15.2. The zero-order valence-corrected chi connectivity index (χ0v) is 15.2. The Balaban J connectivity index is 2.28. The summed E-state index contributed by atoms with van der Waals surface area (Å²) in [6.07, 6.45) is 3.64. The number of hydrogen-bond acceptors (Lipinski definition) is 5. The summed E-state index contributed by atoms with van der Waals surface area (Å²) in [6, 6.07) is 7.88. The van der Waals surface area contributed by atoms with Crippen molar-refractivity contribution < 1.29 is 14.7 Å². The molecule has 1 aromatic rings. The zero-order chi connectivity index (χ0) is 18.9. The first kappa shape index (κ1) is 19.9. The van der Waals surface area contributed by atoms with Crippen molar-refractivity contribution in [2.45, 2.75) is 32.4 Å². The maximum Gasteiger partial charge on any atom is 0.247 e. The number of aliphatic hydroxyl groups is 1. The lowest BCUT2D eigenvalue weighted by atomic mass is 9.97. The van der Waals surface area contributed by atoms with Gasteiger partial charge in [0.05, 0.1) is 18.4 Å². The van der Waals surface area contributed by atoms with Crippen LogP contribution in [0.25, 0.3) is 5.70 Å². The van der Waals surface area contributed by atoms with E-state index in [1.165, 1.54) is 0 Å². The molecule has 0 aliphatic carbocycles. The Morgan fingerprint density at radius 2 is 2.12 bits per heavy atom. The average Bonchev–Trinajstić information content (AvgIpc) is 2.62. The van der Waals surface area contributed by atoms with Crippen molar-refractivity contribution in [3.8, 4) is 0 Å². The van der Waals surface area contributed by atoms with Gasteiger partial charge in [-0.05, 0) is 31.7 Å². The summed E-state index contributed by atoms with van der Waals surface area (Å²) in [5.74, 6) is -0.307. The molecule has 0 saturated heterocycles. The SMILES string of the molecule is CC1NC(=O)C=C(c2ccccc2CCCCO)N1CC(=O)NCCN. The predicted molar refractivity (Wildman–Crippen MR) is 101 cm³/mol. The van der Waals surface area contributed by atoms with Crippen molar-refractivity contribution in [3.63, 3.8) is 0 Å². The summed E-state index contributed by atoms with van der Waals surface area (Å²) >= 11 is 0. The molecule has 0 fully saturated rings. The maximum atomic E-state index is 12.2. The van der Waals surface area contributed by atoms with Crippen LogP contribution in [-0.4, -0.2) is 54.2 Å². The summed E-state index contributed by atoms with van der Waals surface area (Å²) in [7, 11) is 0. The van der Waals surface area contributed by atoms with E-state index < -0.39 is 0 Å². The molecule has 1 aliphatic rings. The van der Waals surface area contributed by atoms with Crippen molar-refractivity contribution in [1.82, 2.24) is 15.5 Å². The van der Waals surface area contributed by atoms with E-state index in [1.807, 2.05) is 36.1 Å². The lowest BCUT2D eigenvalue weighted by Crippen LogP contribution is -2.52. The molecule has 7 nitrogen and oxygen atoms in total. The van der Waals surface area contributed by atoms with Crippen molar-refractivity contribution >= 4 is 17.5 Å². The smallest absolute Gasteiger partial charge is 0.247 e. The fourth-order valence-electron chi connectivity index (χ4n) is 3.03. The Morgan fingerprint density at radius 3 is 2.85 bits per heavy atom. The highest BCUT2D eigenvalue weighted by Crippen LogP contribution is 2.27. The molecule has 0 aromatic heterocycles. The number of carbonyl (C=O) groups is 2. The molecule has 1 unspecified atom stereocenters. The quantitative estimate of drug-likeness (QED) is 0.471. The van der Waals surface area contributed by atoms with Crippen LogP contribution in [0.3, 0.4) is 0 Å². The van der Waals surface area contributed by atoms with Crippen molar-refractivity contribution in [3.05, 3.63) is 41.5 Å². The number of benzene rings is 1. The van der Waals surface area contributed by atoms with Crippen LogP contribution in [0, 0.1) is 0 Å². The van der Waals surface area contributed by atoms with Gasteiger partial charge < -0.3 is 26.4 Å². The molecule has 5 N–H and O–H groups in total. The Bertz CT molecular complexity index is 660. The average molecular weight is 360 g/mol. The molecule has 1 aliphatic heterocycles. The van der Waals surface area contributed by atoms with E-state index in [-0.39, 0.29) is 31.1 Å². The number of aryl methyl sites for hydroxylation is 1. The number of carbonyl (C=O) groups excluding carboxylic acids is 2. The summed E-state index contributed by atoms with van der Waals surface area (Å²) < 4.78 is 0. The monoisotopic (exact) mass is 360 g/mol. The minimum atomic E-state index is -0.295. The Labute approximate surface area is 154 Å². The maximum absolute atomic E-state index is 12.2. The minimum absolute atomic E-state index is 0.137. The minimum Gasteiger partial charge on any atom is -0.396 e. The third-order valence-corrected chi connectivity index (χ3v) is 4.32. The Kier molecular flexibility index (Phi) is 7.62. The molecule has 26 heavy (non-hydrogen) atoms. The van der Waals surface area contributed by atoms with E-state index in [1.54, 1.807) is 6.08 Å². The van der Waals surface area contributed by atoms with Gasteiger partial charge in [0.1, 0.15) is 0 Å². The molecule has 1 atom stereocenters. The van der Waals surface area contributed by atoms with Gasteiger partial charge in [0.15, 0.2) is 0 Å². The van der Waals surface area contributed by atoms with Crippen molar-refractivity contribution in [2.24, 2.45) is 5.73 Å². The third-order valence-electron chi connectivity index (χ3n) is 4.32. The first-order valence-corrected chi connectivity index (χ1v) is 9.01. The van der Waals surface area contributed by atoms with Crippen LogP contribution in [0.1, 0.15) is 30.9 Å². The van der Waals surface area contributed by atoms with E-state index in [2.05, 4.69) is 10.6 Å². The first-order chi connectivity index (χ1) is 12.6. The number of rotatable bonds is 9. The van der Waals surface area contributed by atoms with Gasteiger partial charge in [0.25, 0.3) is 0 Å². The van der Waals surface area contributed by atoms with Gasteiger partial charge in [0, 0.05) is 31.3 Å². The Hall–Kier alpha value is -2.38. The largest absolute Gasteiger partial charge is 0.396 e. The standard InChI is InChI=1S/C19H28N4O3/c1-14-22-18(25)12-17(23(14)13-19(26)21-10-9-20)16-8-3-2-6-15(16)7-4-5-11-24/h2-3,6,8,12,14,24H,4-5,7,9-11,13,20H2,1H3,(H,21,26)(H,22,25). The molecule has 0 spiro atoms. The topological polar surface area (TPSA) is 108 Å². The molecular formula is C19H28N4O3. The molecule has 1 aromatic carbocycles. The predicted octanol–water partition coefficient (Wildman–Crippen LogP) is 0.195. The second-order valence-corrected chi connectivity index (χ2v) is 6.32. The van der Waals surface area contributed by atoms with Crippen LogP contribution in [0.2, 0.25) is 0 Å². The fourth-order valence-corrected chi connectivity index (χ4v) is 3.03. The van der Waals surface area contributed by atoms with Gasteiger partial charge >= 0.3 is 0 Å². The number of amides is 2. The molecule has 2 rings (SSSR count). The highest BCUT2D eigenvalue weighted by molar-refractivity contribution is 5.97. The van der Waals surface area contributed by atoms with Crippen LogP contribution in [0.15, 0.2) is 30.3 Å². The number of nitrogens with two attached hydrogens (primary N) is 1. The van der Waals surface area contributed by atoms with E-state index >= 15 is 0 Å². The normalized spacial score (nSPS) is 16.9. The molecule has 2 amide bonds. The number of nitrogens with zero attached hydrogens (tertiary/aromatic N) is 1. The van der Waals surface area contributed by atoms with E-state index in [4.69, 9.17) is 10.8 Å². The molecular weight excluding hydrogens is 332 g/mol. The second-order valence-electron chi connectivity index (χ2n) is 6.32. The summed E-state index contributed by atoms with van der Waals surface area (Å²) in [5, 5.41) is 14.6. The number of aliphatic hydroxyl groups excluding tert-OH is 1. The van der Waals surface area contributed by atoms with Gasteiger partial charge in [-0.2, -0.15) is 0 Å². The van der Waals surface area contributed by atoms with Crippen LogP contribution in [0.5, 0.6) is 0 Å². The van der Waals surface area contributed by atoms with Crippen LogP contribution >= 0.6 is 0 Å². The summed E-state index contributed by atoms with van der Waals surface area (Å²) in [4.78, 5) is 26.1. The summed E-state index contributed by atoms with van der Waals surface area (Å²) in [5.41, 5.74) is 8.22. The van der Waals surface area contributed by atoms with Crippen LogP contribution in [0.4, 0.5) is 0 Å². The molecule has 0 saturated carbocycles. The molecule has 7 heteroatoms. The van der Waals surface area contributed by atoms with Crippen LogP contribution < -0.4 is 16.4 Å². The Morgan fingerprint density at radius 1 is 1.35 bits per heavy atom. The molecule has 1 heterocycles. The van der Waals surface area contributed by atoms with Gasteiger partial charge in [-0.1, -0.05) is 24.3 Å². The summed E-state index contributed by atoms with van der Waals surface area (Å²) in [6.45, 7) is 2.96. The number of unbranched alkanes of at least 4 members (excludes halogenated alkanes) is 1. The highest BCUT2D eigenvalue weighted by Gasteiger charge is 2.27. The molecule has 0 radical (unpaired) electrons. The van der Waals surface area contributed by atoms with Crippen molar-refractivity contribution in [2.75, 3.05) is 26.2 Å². The van der Waals surface area contributed by atoms with Gasteiger partial charge in [0.2, 0.25) is 11.8 Å². The number of nitrogens with one attached hydrogen (secondary N) is 2. The van der Waals surface area contributed by atoms with E-state index in [0.717, 1.165) is 36.1 Å². The van der Waals surface area contributed by atoms with Gasteiger partial charge in [-0.25, -0.2) is 0 Å². The second kappa shape index (κ2) is 9.94. The van der Waals surface area contributed by atoms with E-state index in [9.17, 15) is 9.59 Å². The third kappa shape index (κ3) is 5.31. The van der Waals surface area contributed by atoms with Crippen LogP contribution in [-0.2, 0) is 16.0 Å². The lowest BCUT2D eigenvalue weighted by molar-refractivity contribution is -0.124. The number of hydrogen-bond donors (Lipinski definition) is 4.